The first-order valence-electron chi connectivity index (χ1n) is 6.36. The lowest BCUT2D eigenvalue weighted by atomic mass is 10.0. The number of benzene rings is 1. The summed E-state index contributed by atoms with van der Waals surface area (Å²) in [5.41, 5.74) is 1.11. The van der Waals surface area contributed by atoms with E-state index in [4.69, 9.17) is 0 Å². The molecule has 17 heavy (non-hydrogen) atoms. The zero-order valence-electron chi connectivity index (χ0n) is 9.78. The normalized spacial score (nSPS) is 32.9. The Morgan fingerprint density at radius 3 is 2.59 bits per heavy atom. The number of rotatable bonds is 2. The molecule has 0 radical (unpaired) electrons. The van der Waals surface area contributed by atoms with Crippen molar-refractivity contribution in [2.45, 2.75) is 49.1 Å². The third kappa shape index (κ3) is 2.41. The Kier molecular flexibility index (Phi) is 3.22. The molecule has 1 aromatic rings. The standard InChI is InChI=1S/C14H17BrFN/c15-11-7-13-4-5-14(8-11)17(13)9-10-2-1-3-12(16)6-10/h1-3,6,11,13-14H,4-5,7-9H2. The lowest BCUT2D eigenvalue weighted by molar-refractivity contribution is 0.137. The summed E-state index contributed by atoms with van der Waals surface area (Å²) in [6.45, 7) is 0.910. The first kappa shape index (κ1) is 11.7. The molecule has 2 atom stereocenters. The van der Waals surface area contributed by atoms with Gasteiger partial charge in [-0.3, -0.25) is 4.90 Å². The molecule has 3 rings (SSSR count). The maximum absolute atomic E-state index is 13.2. The molecule has 2 unspecified atom stereocenters. The van der Waals surface area contributed by atoms with E-state index >= 15 is 0 Å². The van der Waals surface area contributed by atoms with Crippen molar-refractivity contribution in [3.8, 4) is 0 Å². The van der Waals surface area contributed by atoms with Crippen LogP contribution in [0.25, 0.3) is 0 Å². The summed E-state index contributed by atoms with van der Waals surface area (Å²) in [6, 6.07) is 8.41. The van der Waals surface area contributed by atoms with Gasteiger partial charge >= 0.3 is 0 Å². The van der Waals surface area contributed by atoms with Crippen LogP contribution in [0.5, 0.6) is 0 Å². The van der Waals surface area contributed by atoms with E-state index in [9.17, 15) is 4.39 Å². The largest absolute Gasteiger partial charge is 0.293 e. The molecule has 0 aliphatic carbocycles. The number of piperidine rings is 1. The minimum atomic E-state index is -0.120. The fourth-order valence-electron chi connectivity index (χ4n) is 3.31. The van der Waals surface area contributed by atoms with Gasteiger partial charge in [0.15, 0.2) is 0 Å². The van der Waals surface area contributed by atoms with Crippen LogP contribution in [0.4, 0.5) is 4.39 Å². The van der Waals surface area contributed by atoms with Gasteiger partial charge in [0.05, 0.1) is 0 Å². The Morgan fingerprint density at radius 1 is 1.24 bits per heavy atom. The minimum Gasteiger partial charge on any atom is -0.293 e. The number of hydrogen-bond acceptors (Lipinski definition) is 1. The number of fused-ring (bicyclic) bond motifs is 2. The summed E-state index contributed by atoms with van der Waals surface area (Å²) in [4.78, 5) is 3.26. The van der Waals surface area contributed by atoms with Gasteiger partial charge in [0.1, 0.15) is 5.82 Å². The van der Waals surface area contributed by atoms with E-state index in [1.165, 1.54) is 31.7 Å². The molecule has 2 saturated heterocycles. The summed E-state index contributed by atoms with van der Waals surface area (Å²) >= 11 is 3.75. The topological polar surface area (TPSA) is 3.24 Å². The average molecular weight is 298 g/mol. The highest BCUT2D eigenvalue weighted by molar-refractivity contribution is 9.09. The van der Waals surface area contributed by atoms with Crippen LogP contribution < -0.4 is 0 Å². The fourth-order valence-corrected chi connectivity index (χ4v) is 4.18. The van der Waals surface area contributed by atoms with Gasteiger partial charge in [0, 0.05) is 23.5 Å². The van der Waals surface area contributed by atoms with E-state index < -0.39 is 0 Å². The molecule has 2 fully saturated rings. The van der Waals surface area contributed by atoms with Gasteiger partial charge in [-0.15, -0.1) is 0 Å². The zero-order valence-corrected chi connectivity index (χ0v) is 11.4. The summed E-state index contributed by atoms with van der Waals surface area (Å²) in [6.07, 6.45) is 5.10. The van der Waals surface area contributed by atoms with Crippen LogP contribution in [-0.4, -0.2) is 21.8 Å². The Balaban J connectivity index is 1.74. The highest BCUT2D eigenvalue weighted by atomic mass is 79.9. The van der Waals surface area contributed by atoms with Crippen LogP contribution >= 0.6 is 15.9 Å². The number of hydrogen-bond donors (Lipinski definition) is 0. The predicted octanol–water partition coefficient (Wildman–Crippen LogP) is 3.72. The second-order valence-electron chi connectivity index (χ2n) is 5.26. The van der Waals surface area contributed by atoms with Gasteiger partial charge in [0.25, 0.3) is 0 Å². The summed E-state index contributed by atoms with van der Waals surface area (Å²) in [5, 5.41) is 0. The maximum Gasteiger partial charge on any atom is 0.123 e. The van der Waals surface area contributed by atoms with Gasteiger partial charge in [-0.2, -0.15) is 0 Å². The van der Waals surface area contributed by atoms with Crippen LogP contribution in [0.2, 0.25) is 0 Å². The first-order valence-corrected chi connectivity index (χ1v) is 7.28. The molecule has 2 heterocycles. The van der Waals surface area contributed by atoms with Gasteiger partial charge in [-0.05, 0) is 43.4 Å². The SMILES string of the molecule is Fc1cccc(CN2C3CCC2CC(Br)C3)c1. The summed E-state index contributed by atoms with van der Waals surface area (Å²) in [5.74, 6) is -0.120. The van der Waals surface area contributed by atoms with E-state index in [0.29, 0.717) is 16.9 Å². The van der Waals surface area contributed by atoms with Crippen molar-refractivity contribution >= 4 is 15.9 Å². The molecule has 0 N–H and O–H groups in total. The van der Waals surface area contributed by atoms with Crippen molar-refractivity contribution in [3.05, 3.63) is 35.6 Å². The van der Waals surface area contributed by atoms with Crippen LogP contribution in [0.1, 0.15) is 31.2 Å². The lowest BCUT2D eigenvalue weighted by Crippen LogP contribution is -2.42. The molecule has 3 heteroatoms. The molecule has 2 bridgehead atoms. The summed E-state index contributed by atoms with van der Waals surface area (Å²) < 4.78 is 13.2. The first-order chi connectivity index (χ1) is 8.22. The van der Waals surface area contributed by atoms with E-state index in [1.807, 2.05) is 12.1 Å². The Morgan fingerprint density at radius 2 is 1.94 bits per heavy atom. The Bertz CT molecular complexity index is 395. The molecular formula is C14H17BrFN. The Labute approximate surface area is 110 Å². The molecule has 2 aliphatic rings. The smallest absolute Gasteiger partial charge is 0.123 e. The van der Waals surface area contributed by atoms with E-state index in [-0.39, 0.29) is 5.82 Å². The number of nitrogens with zero attached hydrogens (tertiary/aromatic N) is 1. The summed E-state index contributed by atoms with van der Waals surface area (Å²) in [7, 11) is 0. The maximum atomic E-state index is 13.2. The van der Waals surface area contributed by atoms with E-state index in [0.717, 1.165) is 12.1 Å². The average Bonchev–Trinajstić information content (AvgIpc) is 2.54. The van der Waals surface area contributed by atoms with Crippen molar-refractivity contribution in [2.75, 3.05) is 0 Å². The van der Waals surface area contributed by atoms with Gasteiger partial charge in [0.2, 0.25) is 0 Å². The molecule has 2 aliphatic heterocycles. The van der Waals surface area contributed by atoms with E-state index in [1.54, 1.807) is 6.07 Å². The highest BCUT2D eigenvalue weighted by Crippen LogP contribution is 2.39. The molecular weight excluding hydrogens is 281 g/mol. The van der Waals surface area contributed by atoms with Crippen molar-refractivity contribution in [1.82, 2.24) is 4.90 Å². The third-order valence-corrected chi connectivity index (χ3v) is 4.83. The molecule has 0 saturated carbocycles. The minimum absolute atomic E-state index is 0.120. The molecule has 0 spiro atoms. The van der Waals surface area contributed by atoms with E-state index in [2.05, 4.69) is 20.8 Å². The third-order valence-electron chi connectivity index (χ3n) is 4.08. The Hall–Kier alpha value is -0.410. The lowest BCUT2D eigenvalue weighted by Gasteiger charge is -2.37. The number of halogens is 2. The van der Waals surface area contributed by atoms with Crippen LogP contribution in [0, 0.1) is 5.82 Å². The predicted molar refractivity (Wildman–Crippen MR) is 70.7 cm³/mol. The second kappa shape index (κ2) is 4.69. The molecule has 0 aromatic heterocycles. The van der Waals surface area contributed by atoms with Gasteiger partial charge < -0.3 is 0 Å². The van der Waals surface area contributed by atoms with Crippen molar-refractivity contribution in [1.29, 1.82) is 0 Å². The van der Waals surface area contributed by atoms with Crippen molar-refractivity contribution < 1.29 is 4.39 Å². The van der Waals surface area contributed by atoms with Crippen LogP contribution in [0.3, 0.4) is 0 Å². The molecule has 92 valence electrons. The van der Waals surface area contributed by atoms with Crippen LogP contribution in [0.15, 0.2) is 24.3 Å². The van der Waals surface area contributed by atoms with Gasteiger partial charge in [-0.1, -0.05) is 28.1 Å². The van der Waals surface area contributed by atoms with Gasteiger partial charge in [-0.25, -0.2) is 4.39 Å². The molecule has 1 nitrogen and oxygen atoms in total. The monoisotopic (exact) mass is 297 g/mol. The van der Waals surface area contributed by atoms with Crippen molar-refractivity contribution in [2.24, 2.45) is 0 Å². The zero-order chi connectivity index (χ0) is 11.8. The highest BCUT2D eigenvalue weighted by Gasteiger charge is 2.39. The molecule has 1 aromatic carbocycles. The molecule has 0 amide bonds. The fraction of sp³-hybridized carbons (Fsp3) is 0.571. The van der Waals surface area contributed by atoms with Crippen molar-refractivity contribution in [3.63, 3.8) is 0 Å². The number of alkyl halides is 1. The second-order valence-corrected chi connectivity index (χ2v) is 6.55. The quantitative estimate of drug-likeness (QED) is 0.752. The van der Waals surface area contributed by atoms with Crippen LogP contribution in [-0.2, 0) is 6.54 Å².